The Hall–Kier alpha value is -1.26. The predicted molar refractivity (Wildman–Crippen MR) is 74.7 cm³/mol. The van der Waals surface area contributed by atoms with Crippen LogP contribution in [0.5, 0.6) is 11.5 Å². The van der Waals surface area contributed by atoms with Crippen LogP contribution in [-0.2, 0) is 0 Å². The number of benzene rings is 1. The highest BCUT2D eigenvalue weighted by Crippen LogP contribution is 2.44. The van der Waals surface area contributed by atoms with Crippen molar-refractivity contribution in [3.8, 4) is 11.5 Å². The summed E-state index contributed by atoms with van der Waals surface area (Å²) >= 11 is 0. The second kappa shape index (κ2) is 5.02. The molecule has 0 aliphatic carbocycles. The largest absolute Gasteiger partial charge is 0.486 e. The first-order valence-corrected chi connectivity index (χ1v) is 7.00. The number of hydrogen-bond donors (Lipinski definition) is 1. The van der Waals surface area contributed by atoms with Crippen molar-refractivity contribution in [2.75, 3.05) is 33.4 Å². The van der Waals surface area contributed by atoms with Gasteiger partial charge in [-0.25, -0.2) is 0 Å². The van der Waals surface area contributed by atoms with Crippen molar-refractivity contribution in [1.82, 2.24) is 4.90 Å². The molecule has 1 aromatic carbocycles. The molecule has 2 atom stereocenters. The summed E-state index contributed by atoms with van der Waals surface area (Å²) in [5, 5.41) is 0. The molecule has 0 radical (unpaired) electrons. The molecule has 2 aliphatic heterocycles. The minimum atomic E-state index is 0.393. The summed E-state index contributed by atoms with van der Waals surface area (Å²) in [6.45, 7) is 5.17. The second-order valence-corrected chi connectivity index (χ2v) is 5.62. The van der Waals surface area contributed by atoms with Crippen LogP contribution in [0.25, 0.3) is 0 Å². The van der Waals surface area contributed by atoms with Gasteiger partial charge in [0.2, 0.25) is 0 Å². The van der Waals surface area contributed by atoms with Gasteiger partial charge in [0.15, 0.2) is 11.5 Å². The van der Waals surface area contributed by atoms with Gasteiger partial charge < -0.3 is 15.2 Å². The minimum Gasteiger partial charge on any atom is -0.486 e. The van der Waals surface area contributed by atoms with E-state index in [0.717, 1.165) is 36.6 Å². The Bertz CT molecular complexity index is 475. The van der Waals surface area contributed by atoms with Crippen molar-refractivity contribution in [1.29, 1.82) is 0 Å². The number of aryl methyl sites for hydroxylation is 1. The van der Waals surface area contributed by atoms with Crippen LogP contribution in [0, 0.1) is 12.8 Å². The molecule has 0 saturated carbocycles. The number of fused-ring (bicyclic) bond motifs is 1. The smallest absolute Gasteiger partial charge is 0.166 e. The molecule has 2 heterocycles. The summed E-state index contributed by atoms with van der Waals surface area (Å²) in [6, 6.07) is 4.71. The van der Waals surface area contributed by atoms with E-state index in [-0.39, 0.29) is 0 Å². The van der Waals surface area contributed by atoms with Gasteiger partial charge in [0.25, 0.3) is 0 Å². The van der Waals surface area contributed by atoms with Crippen molar-refractivity contribution in [2.24, 2.45) is 11.7 Å². The van der Waals surface area contributed by atoms with E-state index in [1.165, 1.54) is 5.56 Å². The molecule has 0 aromatic heterocycles. The summed E-state index contributed by atoms with van der Waals surface area (Å²) < 4.78 is 11.7. The fourth-order valence-electron chi connectivity index (χ4n) is 3.19. The van der Waals surface area contributed by atoms with E-state index < -0.39 is 0 Å². The quantitative estimate of drug-likeness (QED) is 0.881. The third kappa shape index (κ3) is 2.19. The number of rotatable bonds is 2. The first kappa shape index (κ1) is 12.8. The summed E-state index contributed by atoms with van der Waals surface area (Å²) in [4.78, 5) is 2.38. The topological polar surface area (TPSA) is 47.7 Å². The van der Waals surface area contributed by atoms with Gasteiger partial charge in [0.05, 0.1) is 0 Å². The number of ether oxygens (including phenoxy) is 2. The molecule has 4 heteroatoms. The Labute approximate surface area is 114 Å². The average molecular weight is 262 g/mol. The minimum absolute atomic E-state index is 0.393. The van der Waals surface area contributed by atoms with Crippen LogP contribution >= 0.6 is 0 Å². The molecule has 2 unspecified atom stereocenters. The summed E-state index contributed by atoms with van der Waals surface area (Å²) in [6.07, 6.45) is 1.10. The molecule has 19 heavy (non-hydrogen) atoms. The van der Waals surface area contributed by atoms with Gasteiger partial charge in [0.1, 0.15) is 13.2 Å². The number of nitrogens with zero attached hydrogens (tertiary/aromatic N) is 1. The first-order valence-electron chi connectivity index (χ1n) is 7.00. The van der Waals surface area contributed by atoms with Crippen molar-refractivity contribution >= 4 is 0 Å². The highest BCUT2D eigenvalue weighted by atomic mass is 16.6. The maximum atomic E-state index is 5.88. The summed E-state index contributed by atoms with van der Waals surface area (Å²) in [5.74, 6) is 2.45. The Balaban J connectivity index is 1.97. The van der Waals surface area contributed by atoms with Crippen LogP contribution in [0.3, 0.4) is 0 Å². The Morgan fingerprint density at radius 1 is 1.26 bits per heavy atom. The molecule has 2 N–H and O–H groups in total. The van der Waals surface area contributed by atoms with Gasteiger partial charge in [-0.3, -0.25) is 4.90 Å². The lowest BCUT2D eigenvalue weighted by molar-refractivity contribution is 0.165. The zero-order chi connectivity index (χ0) is 13.4. The molecule has 1 aromatic rings. The lowest BCUT2D eigenvalue weighted by Crippen LogP contribution is -2.22. The Morgan fingerprint density at radius 2 is 2.00 bits per heavy atom. The van der Waals surface area contributed by atoms with E-state index in [1.807, 2.05) is 0 Å². The molecule has 3 rings (SSSR count). The number of nitrogens with two attached hydrogens (primary N) is 1. The van der Waals surface area contributed by atoms with Crippen LogP contribution < -0.4 is 15.2 Å². The fourth-order valence-corrected chi connectivity index (χ4v) is 3.19. The Kier molecular flexibility index (Phi) is 3.37. The molecular formula is C15H22N2O2. The molecule has 0 bridgehead atoms. The van der Waals surface area contributed by atoms with E-state index in [2.05, 4.69) is 31.0 Å². The van der Waals surface area contributed by atoms with Crippen molar-refractivity contribution in [3.63, 3.8) is 0 Å². The van der Waals surface area contributed by atoms with E-state index in [0.29, 0.717) is 25.2 Å². The normalized spacial score (nSPS) is 26.7. The van der Waals surface area contributed by atoms with Gasteiger partial charge in [-0.2, -0.15) is 0 Å². The van der Waals surface area contributed by atoms with Crippen molar-refractivity contribution < 1.29 is 9.47 Å². The van der Waals surface area contributed by atoms with E-state index >= 15 is 0 Å². The van der Waals surface area contributed by atoms with Gasteiger partial charge in [-0.15, -0.1) is 0 Å². The summed E-state index contributed by atoms with van der Waals surface area (Å²) in [5.41, 5.74) is 8.21. The lowest BCUT2D eigenvalue weighted by Gasteiger charge is -2.27. The molecular weight excluding hydrogens is 240 g/mol. The van der Waals surface area contributed by atoms with Crippen LogP contribution in [0.4, 0.5) is 0 Å². The Morgan fingerprint density at radius 3 is 2.68 bits per heavy atom. The van der Waals surface area contributed by atoms with Crippen molar-refractivity contribution in [3.05, 3.63) is 23.3 Å². The zero-order valence-electron chi connectivity index (χ0n) is 11.7. The highest BCUT2D eigenvalue weighted by molar-refractivity contribution is 5.53. The molecule has 0 spiro atoms. The molecule has 1 fully saturated rings. The number of likely N-dealkylation sites (tertiary alicyclic amines) is 1. The average Bonchev–Trinajstić information content (AvgIpc) is 2.81. The fraction of sp³-hybridized carbons (Fsp3) is 0.600. The van der Waals surface area contributed by atoms with Gasteiger partial charge in [-0.05, 0) is 38.4 Å². The molecule has 2 aliphatic rings. The standard InChI is InChI=1S/C15H22N2O2/c1-10-3-4-12(15-14(10)18-5-6-19-15)13-7-11(8-16)9-17(13)2/h3-4,11,13H,5-9,16H2,1-2H3. The maximum Gasteiger partial charge on any atom is 0.166 e. The van der Waals surface area contributed by atoms with Crippen LogP contribution in [0.2, 0.25) is 0 Å². The first-order chi connectivity index (χ1) is 9.20. The van der Waals surface area contributed by atoms with E-state index in [4.69, 9.17) is 15.2 Å². The number of hydrogen-bond acceptors (Lipinski definition) is 4. The van der Waals surface area contributed by atoms with Gasteiger partial charge in [0, 0.05) is 18.2 Å². The molecule has 0 amide bonds. The summed E-state index contributed by atoms with van der Waals surface area (Å²) in [7, 11) is 2.16. The predicted octanol–water partition coefficient (Wildman–Crippen LogP) is 1.72. The molecule has 104 valence electrons. The SMILES string of the molecule is Cc1ccc(C2CC(CN)CN2C)c2c1OCCO2. The van der Waals surface area contributed by atoms with E-state index in [1.54, 1.807) is 0 Å². The third-order valence-corrected chi connectivity index (χ3v) is 4.24. The van der Waals surface area contributed by atoms with Crippen LogP contribution in [0.15, 0.2) is 12.1 Å². The maximum absolute atomic E-state index is 5.88. The molecule has 4 nitrogen and oxygen atoms in total. The third-order valence-electron chi connectivity index (χ3n) is 4.24. The second-order valence-electron chi connectivity index (χ2n) is 5.62. The van der Waals surface area contributed by atoms with Crippen LogP contribution in [-0.4, -0.2) is 38.3 Å². The van der Waals surface area contributed by atoms with Gasteiger partial charge >= 0.3 is 0 Å². The highest BCUT2D eigenvalue weighted by Gasteiger charge is 2.33. The lowest BCUT2D eigenvalue weighted by atomic mass is 9.97. The zero-order valence-corrected chi connectivity index (χ0v) is 11.7. The molecule has 1 saturated heterocycles. The van der Waals surface area contributed by atoms with Crippen molar-refractivity contribution in [2.45, 2.75) is 19.4 Å². The van der Waals surface area contributed by atoms with Crippen LogP contribution in [0.1, 0.15) is 23.6 Å². The van der Waals surface area contributed by atoms with E-state index in [9.17, 15) is 0 Å². The monoisotopic (exact) mass is 262 g/mol. The van der Waals surface area contributed by atoms with Gasteiger partial charge in [-0.1, -0.05) is 12.1 Å².